The lowest BCUT2D eigenvalue weighted by Crippen LogP contribution is -2.38. The summed E-state index contributed by atoms with van der Waals surface area (Å²) in [5.74, 6) is 1.87. The van der Waals surface area contributed by atoms with Crippen molar-refractivity contribution in [3.8, 4) is 11.5 Å². The SMILES string of the molecule is O=C(c1cc2ccccc2o1)N(Cc1ccc2c(c1)OCO2)C1CCCC1. The van der Waals surface area contributed by atoms with Gasteiger partial charge in [0.2, 0.25) is 6.79 Å². The summed E-state index contributed by atoms with van der Waals surface area (Å²) in [5.41, 5.74) is 1.78. The van der Waals surface area contributed by atoms with Crippen molar-refractivity contribution in [2.24, 2.45) is 0 Å². The van der Waals surface area contributed by atoms with Crippen LogP contribution in [-0.2, 0) is 6.54 Å². The number of hydrogen-bond acceptors (Lipinski definition) is 4. The van der Waals surface area contributed by atoms with E-state index in [-0.39, 0.29) is 18.7 Å². The van der Waals surface area contributed by atoms with Gasteiger partial charge in [0, 0.05) is 18.0 Å². The maximum absolute atomic E-state index is 13.3. The van der Waals surface area contributed by atoms with Crippen LogP contribution >= 0.6 is 0 Å². The Kier molecular flexibility index (Phi) is 4.00. The third kappa shape index (κ3) is 3.03. The molecule has 2 heterocycles. The molecule has 3 aromatic rings. The van der Waals surface area contributed by atoms with Crippen LogP contribution in [-0.4, -0.2) is 23.6 Å². The molecular weight excluding hydrogens is 342 g/mol. The average molecular weight is 363 g/mol. The molecule has 0 radical (unpaired) electrons. The Labute approximate surface area is 157 Å². The monoisotopic (exact) mass is 363 g/mol. The standard InChI is InChI=1S/C22H21NO4/c24-22(21-12-16-5-1-4-8-18(16)27-21)23(17-6-2-3-7-17)13-15-9-10-19-20(11-15)26-14-25-19/h1,4-5,8-12,17H,2-3,6-7,13-14H2. The topological polar surface area (TPSA) is 51.9 Å². The van der Waals surface area contributed by atoms with Crippen molar-refractivity contribution in [3.05, 3.63) is 59.9 Å². The molecule has 5 rings (SSSR count). The van der Waals surface area contributed by atoms with Crippen LogP contribution in [0.25, 0.3) is 11.0 Å². The average Bonchev–Trinajstić information content (AvgIpc) is 3.45. The van der Waals surface area contributed by atoms with Gasteiger partial charge >= 0.3 is 0 Å². The van der Waals surface area contributed by atoms with Crippen LogP contribution in [0.1, 0.15) is 41.8 Å². The lowest BCUT2D eigenvalue weighted by atomic mass is 10.1. The maximum Gasteiger partial charge on any atom is 0.290 e. The van der Waals surface area contributed by atoms with E-state index in [2.05, 4.69) is 0 Å². The first-order chi connectivity index (χ1) is 13.3. The van der Waals surface area contributed by atoms with E-state index in [0.29, 0.717) is 12.3 Å². The van der Waals surface area contributed by atoms with Crippen molar-refractivity contribution in [1.29, 1.82) is 0 Å². The van der Waals surface area contributed by atoms with E-state index in [9.17, 15) is 4.79 Å². The second kappa shape index (κ2) is 6.65. The summed E-state index contributed by atoms with van der Waals surface area (Å²) in [6.07, 6.45) is 4.40. The number of furan rings is 1. The van der Waals surface area contributed by atoms with Gasteiger partial charge < -0.3 is 18.8 Å². The molecule has 2 aliphatic rings. The molecule has 1 amide bonds. The first kappa shape index (κ1) is 16.2. The van der Waals surface area contributed by atoms with E-state index in [4.69, 9.17) is 13.9 Å². The number of hydrogen-bond donors (Lipinski definition) is 0. The van der Waals surface area contributed by atoms with E-state index in [1.165, 1.54) is 0 Å². The normalized spacial score (nSPS) is 16.1. The smallest absolute Gasteiger partial charge is 0.290 e. The molecule has 1 aliphatic carbocycles. The molecule has 5 nitrogen and oxygen atoms in total. The Morgan fingerprint density at radius 3 is 2.67 bits per heavy atom. The highest BCUT2D eigenvalue weighted by atomic mass is 16.7. The van der Waals surface area contributed by atoms with Gasteiger partial charge in [0.15, 0.2) is 17.3 Å². The Bertz CT molecular complexity index is 954. The summed E-state index contributed by atoms with van der Waals surface area (Å²) in [6.45, 7) is 0.792. The molecule has 2 aromatic carbocycles. The molecule has 27 heavy (non-hydrogen) atoms. The van der Waals surface area contributed by atoms with Gasteiger partial charge in [0.25, 0.3) is 5.91 Å². The molecule has 5 heteroatoms. The molecule has 0 spiro atoms. The third-order valence-electron chi connectivity index (χ3n) is 5.45. The highest BCUT2D eigenvalue weighted by Crippen LogP contribution is 2.34. The largest absolute Gasteiger partial charge is 0.454 e. The summed E-state index contributed by atoms with van der Waals surface area (Å²) in [7, 11) is 0. The predicted molar refractivity (Wildman–Crippen MR) is 101 cm³/mol. The van der Waals surface area contributed by atoms with Crippen LogP contribution in [0.5, 0.6) is 11.5 Å². The van der Waals surface area contributed by atoms with Crippen molar-refractivity contribution in [3.63, 3.8) is 0 Å². The molecule has 1 fully saturated rings. The number of para-hydroxylation sites is 1. The van der Waals surface area contributed by atoms with Crippen LogP contribution < -0.4 is 9.47 Å². The van der Waals surface area contributed by atoms with Crippen molar-refractivity contribution in [2.75, 3.05) is 6.79 Å². The summed E-state index contributed by atoms with van der Waals surface area (Å²) in [6, 6.07) is 15.7. The number of fused-ring (bicyclic) bond motifs is 2. The van der Waals surface area contributed by atoms with E-state index in [1.54, 1.807) is 0 Å². The summed E-state index contributed by atoms with van der Waals surface area (Å²) >= 11 is 0. The third-order valence-corrected chi connectivity index (χ3v) is 5.45. The molecule has 0 saturated heterocycles. The van der Waals surface area contributed by atoms with E-state index < -0.39 is 0 Å². The zero-order valence-electron chi connectivity index (χ0n) is 15.0. The number of ether oxygens (including phenoxy) is 2. The highest BCUT2D eigenvalue weighted by molar-refractivity contribution is 5.96. The number of nitrogens with zero attached hydrogens (tertiary/aromatic N) is 1. The molecule has 1 aliphatic heterocycles. The molecule has 1 saturated carbocycles. The van der Waals surface area contributed by atoms with Gasteiger partial charge in [-0.25, -0.2) is 0 Å². The summed E-state index contributed by atoms with van der Waals surface area (Å²) in [5, 5.41) is 0.954. The van der Waals surface area contributed by atoms with Crippen LogP contribution in [0.15, 0.2) is 52.9 Å². The van der Waals surface area contributed by atoms with E-state index in [0.717, 1.165) is 53.7 Å². The van der Waals surface area contributed by atoms with Crippen LogP contribution in [0.2, 0.25) is 0 Å². The Balaban J connectivity index is 1.45. The number of amides is 1. The fraction of sp³-hybridized carbons (Fsp3) is 0.318. The van der Waals surface area contributed by atoms with Gasteiger partial charge in [-0.05, 0) is 42.7 Å². The number of benzene rings is 2. The van der Waals surface area contributed by atoms with Gasteiger partial charge in [0.1, 0.15) is 5.58 Å². The van der Waals surface area contributed by atoms with E-state index in [1.807, 2.05) is 53.4 Å². The molecule has 1 aromatic heterocycles. The van der Waals surface area contributed by atoms with Crippen LogP contribution in [0.4, 0.5) is 0 Å². The van der Waals surface area contributed by atoms with Crippen molar-refractivity contribution in [1.82, 2.24) is 4.90 Å². The molecular formula is C22H21NO4. The number of carbonyl (C=O) groups is 1. The zero-order chi connectivity index (χ0) is 18.2. The Morgan fingerprint density at radius 1 is 1.00 bits per heavy atom. The Morgan fingerprint density at radius 2 is 1.81 bits per heavy atom. The minimum absolute atomic E-state index is 0.0456. The summed E-state index contributed by atoms with van der Waals surface area (Å²) < 4.78 is 16.7. The first-order valence-corrected chi connectivity index (χ1v) is 9.46. The van der Waals surface area contributed by atoms with Gasteiger partial charge in [-0.15, -0.1) is 0 Å². The molecule has 0 atom stereocenters. The zero-order valence-corrected chi connectivity index (χ0v) is 15.0. The predicted octanol–water partition coefficient (Wildman–Crippen LogP) is 4.75. The summed E-state index contributed by atoms with van der Waals surface area (Å²) in [4.78, 5) is 15.3. The molecule has 0 bridgehead atoms. The van der Waals surface area contributed by atoms with Gasteiger partial charge in [-0.1, -0.05) is 37.1 Å². The lowest BCUT2D eigenvalue weighted by Gasteiger charge is -2.28. The van der Waals surface area contributed by atoms with Crippen molar-refractivity contribution >= 4 is 16.9 Å². The van der Waals surface area contributed by atoms with Gasteiger partial charge in [0.05, 0.1) is 0 Å². The fourth-order valence-electron chi connectivity index (χ4n) is 4.05. The van der Waals surface area contributed by atoms with Crippen LogP contribution in [0.3, 0.4) is 0 Å². The molecule has 138 valence electrons. The van der Waals surface area contributed by atoms with Gasteiger partial charge in [-0.3, -0.25) is 4.79 Å². The second-order valence-corrected chi connectivity index (χ2v) is 7.21. The lowest BCUT2D eigenvalue weighted by molar-refractivity contribution is 0.0634. The van der Waals surface area contributed by atoms with Crippen LogP contribution in [0, 0.1) is 0 Å². The quantitative estimate of drug-likeness (QED) is 0.671. The molecule has 0 N–H and O–H groups in total. The van der Waals surface area contributed by atoms with Crippen molar-refractivity contribution < 1.29 is 18.7 Å². The van der Waals surface area contributed by atoms with E-state index >= 15 is 0 Å². The number of rotatable bonds is 4. The Hall–Kier alpha value is -2.95. The fourth-order valence-corrected chi connectivity index (χ4v) is 4.05. The highest BCUT2D eigenvalue weighted by Gasteiger charge is 2.30. The minimum Gasteiger partial charge on any atom is -0.454 e. The number of carbonyl (C=O) groups excluding carboxylic acids is 1. The maximum atomic E-state index is 13.3. The first-order valence-electron chi connectivity index (χ1n) is 9.46. The molecule has 0 unspecified atom stereocenters. The second-order valence-electron chi connectivity index (χ2n) is 7.21. The van der Waals surface area contributed by atoms with Gasteiger partial charge in [-0.2, -0.15) is 0 Å². The van der Waals surface area contributed by atoms with Crippen molar-refractivity contribution in [2.45, 2.75) is 38.3 Å². The minimum atomic E-state index is -0.0456.